The first-order valence-corrected chi connectivity index (χ1v) is 8.59. The minimum Gasteiger partial charge on any atom is -0.355 e. The average Bonchev–Trinajstić information content (AvgIpc) is 3.16. The van der Waals surface area contributed by atoms with Gasteiger partial charge in [-0.3, -0.25) is 4.99 Å². The van der Waals surface area contributed by atoms with Crippen LogP contribution in [0.5, 0.6) is 0 Å². The van der Waals surface area contributed by atoms with Crippen molar-refractivity contribution in [3.8, 4) is 0 Å². The van der Waals surface area contributed by atoms with Crippen molar-refractivity contribution in [2.45, 2.75) is 24.8 Å². The van der Waals surface area contributed by atoms with Crippen LogP contribution in [0.2, 0.25) is 0 Å². The van der Waals surface area contributed by atoms with E-state index in [0.717, 1.165) is 25.3 Å². The van der Waals surface area contributed by atoms with Gasteiger partial charge in [-0.2, -0.15) is 0 Å². The van der Waals surface area contributed by atoms with E-state index in [0.29, 0.717) is 12.0 Å². The van der Waals surface area contributed by atoms with Crippen LogP contribution in [0.3, 0.4) is 0 Å². The predicted octanol–water partition coefficient (Wildman–Crippen LogP) is 3.70. The molecule has 1 aliphatic carbocycles. The van der Waals surface area contributed by atoms with Crippen molar-refractivity contribution in [2.24, 2.45) is 4.99 Å². The largest absolute Gasteiger partial charge is 0.355 e. The number of nitrogens with one attached hydrogen (secondary N) is 2. The molecule has 3 heteroatoms. The van der Waals surface area contributed by atoms with Crippen molar-refractivity contribution in [3.63, 3.8) is 0 Å². The van der Waals surface area contributed by atoms with Gasteiger partial charge in [-0.1, -0.05) is 72.8 Å². The molecule has 0 radical (unpaired) electrons. The Kier molecular flexibility index (Phi) is 5.67. The summed E-state index contributed by atoms with van der Waals surface area (Å²) in [4.78, 5) is 4.38. The lowest BCUT2D eigenvalue weighted by Crippen LogP contribution is -2.43. The number of aliphatic imine (C=N–C) groups is 1. The van der Waals surface area contributed by atoms with Crippen LogP contribution < -0.4 is 10.6 Å². The molecule has 3 rings (SSSR count). The second-order valence-electron chi connectivity index (χ2n) is 6.11. The molecule has 0 fully saturated rings. The molecule has 0 saturated carbocycles. The summed E-state index contributed by atoms with van der Waals surface area (Å²) in [6.07, 6.45) is 6.59. The first-order chi connectivity index (χ1) is 11.9. The number of guanidine groups is 1. The van der Waals surface area contributed by atoms with Crippen molar-refractivity contribution in [2.75, 3.05) is 13.6 Å². The Bertz CT molecular complexity index is 629. The van der Waals surface area contributed by atoms with Gasteiger partial charge in [-0.05, 0) is 24.0 Å². The minimum atomic E-state index is 0.299. The molecule has 0 spiro atoms. The van der Waals surface area contributed by atoms with E-state index < -0.39 is 0 Å². The highest BCUT2D eigenvalue weighted by molar-refractivity contribution is 5.80. The van der Waals surface area contributed by atoms with Crippen LogP contribution in [0, 0.1) is 0 Å². The third-order valence-electron chi connectivity index (χ3n) is 4.45. The highest BCUT2D eigenvalue weighted by Crippen LogP contribution is 2.23. The lowest BCUT2D eigenvalue weighted by molar-refractivity contribution is 0.626. The van der Waals surface area contributed by atoms with Crippen molar-refractivity contribution in [1.82, 2.24) is 10.6 Å². The first-order valence-electron chi connectivity index (χ1n) is 8.59. The van der Waals surface area contributed by atoms with E-state index in [1.165, 1.54) is 11.1 Å². The standard InChI is InChI=1S/C21H25N3/c1-22-21(24-19-14-8-9-15-19)23-16-20(17-10-4-2-5-11-17)18-12-6-3-7-13-18/h2-13,19-20H,14-16H2,1H3,(H2,22,23,24). The van der Waals surface area contributed by atoms with Crippen LogP contribution >= 0.6 is 0 Å². The maximum atomic E-state index is 4.38. The summed E-state index contributed by atoms with van der Waals surface area (Å²) < 4.78 is 0. The smallest absolute Gasteiger partial charge is 0.191 e. The molecule has 2 N–H and O–H groups in total. The van der Waals surface area contributed by atoms with Gasteiger partial charge in [0.15, 0.2) is 5.96 Å². The van der Waals surface area contributed by atoms with E-state index in [1.54, 1.807) is 0 Å². The Morgan fingerprint density at radius 1 is 0.958 bits per heavy atom. The van der Waals surface area contributed by atoms with Crippen molar-refractivity contribution < 1.29 is 0 Å². The summed E-state index contributed by atoms with van der Waals surface area (Å²) in [7, 11) is 1.83. The average molecular weight is 319 g/mol. The Morgan fingerprint density at radius 2 is 1.50 bits per heavy atom. The molecule has 0 aliphatic heterocycles. The first kappa shape index (κ1) is 16.3. The Hall–Kier alpha value is -2.55. The fraction of sp³-hybridized carbons (Fsp3) is 0.286. The Morgan fingerprint density at radius 3 is 2.00 bits per heavy atom. The molecule has 0 aromatic heterocycles. The molecule has 1 aliphatic rings. The van der Waals surface area contributed by atoms with E-state index in [9.17, 15) is 0 Å². The van der Waals surface area contributed by atoms with Crippen molar-refractivity contribution in [1.29, 1.82) is 0 Å². The summed E-state index contributed by atoms with van der Waals surface area (Å²) in [6, 6.07) is 21.7. The number of benzene rings is 2. The summed E-state index contributed by atoms with van der Waals surface area (Å²) in [5, 5.41) is 7.00. The van der Waals surface area contributed by atoms with Gasteiger partial charge in [0, 0.05) is 25.6 Å². The van der Waals surface area contributed by atoms with Gasteiger partial charge >= 0.3 is 0 Å². The molecule has 0 amide bonds. The van der Waals surface area contributed by atoms with E-state index in [-0.39, 0.29) is 0 Å². The summed E-state index contributed by atoms with van der Waals surface area (Å²) in [6.45, 7) is 0.813. The molecule has 0 saturated heterocycles. The Balaban J connectivity index is 1.70. The third-order valence-corrected chi connectivity index (χ3v) is 4.45. The molecule has 24 heavy (non-hydrogen) atoms. The Labute approximate surface area is 144 Å². The highest BCUT2D eigenvalue weighted by Gasteiger charge is 2.16. The van der Waals surface area contributed by atoms with E-state index in [1.807, 2.05) is 7.05 Å². The van der Waals surface area contributed by atoms with Crippen LogP contribution in [0.15, 0.2) is 77.8 Å². The second-order valence-corrected chi connectivity index (χ2v) is 6.11. The maximum absolute atomic E-state index is 4.38. The van der Waals surface area contributed by atoms with Gasteiger partial charge in [0.25, 0.3) is 0 Å². The lowest BCUT2D eigenvalue weighted by Gasteiger charge is -2.22. The zero-order valence-electron chi connectivity index (χ0n) is 14.2. The predicted molar refractivity (Wildman–Crippen MR) is 101 cm³/mol. The van der Waals surface area contributed by atoms with E-state index >= 15 is 0 Å². The minimum absolute atomic E-state index is 0.299. The molecular formula is C21H25N3. The zero-order chi connectivity index (χ0) is 16.6. The molecule has 0 bridgehead atoms. The maximum Gasteiger partial charge on any atom is 0.191 e. The molecule has 0 unspecified atom stereocenters. The lowest BCUT2D eigenvalue weighted by atomic mass is 9.91. The summed E-state index contributed by atoms with van der Waals surface area (Å²) in [5.41, 5.74) is 2.63. The number of hydrogen-bond donors (Lipinski definition) is 2. The highest BCUT2D eigenvalue weighted by atomic mass is 15.2. The topological polar surface area (TPSA) is 36.4 Å². The van der Waals surface area contributed by atoms with Crippen LogP contribution in [-0.2, 0) is 0 Å². The van der Waals surface area contributed by atoms with Gasteiger partial charge < -0.3 is 10.6 Å². The second kappa shape index (κ2) is 8.34. The summed E-state index contributed by atoms with van der Waals surface area (Å²) in [5.74, 6) is 1.17. The fourth-order valence-electron chi connectivity index (χ4n) is 3.12. The monoisotopic (exact) mass is 319 g/mol. The molecule has 2 aromatic rings. The van der Waals surface area contributed by atoms with Gasteiger partial charge in [-0.15, -0.1) is 0 Å². The normalized spacial score (nSPS) is 15.0. The fourth-order valence-corrected chi connectivity index (χ4v) is 3.12. The zero-order valence-corrected chi connectivity index (χ0v) is 14.2. The van der Waals surface area contributed by atoms with Crippen molar-refractivity contribution in [3.05, 3.63) is 83.9 Å². The molecular weight excluding hydrogens is 294 g/mol. The van der Waals surface area contributed by atoms with Crippen LogP contribution in [0.4, 0.5) is 0 Å². The number of hydrogen-bond acceptors (Lipinski definition) is 1. The van der Waals surface area contributed by atoms with Gasteiger partial charge in [0.05, 0.1) is 0 Å². The molecule has 0 atom stereocenters. The summed E-state index contributed by atoms with van der Waals surface area (Å²) >= 11 is 0. The third kappa shape index (κ3) is 4.25. The molecule has 0 heterocycles. The van der Waals surface area contributed by atoms with Gasteiger partial charge in [0.2, 0.25) is 0 Å². The van der Waals surface area contributed by atoms with E-state index in [4.69, 9.17) is 0 Å². The quantitative estimate of drug-likeness (QED) is 0.501. The number of nitrogens with zero attached hydrogens (tertiary/aromatic N) is 1. The van der Waals surface area contributed by atoms with Crippen LogP contribution in [0.1, 0.15) is 29.9 Å². The van der Waals surface area contributed by atoms with Gasteiger partial charge in [0.1, 0.15) is 0 Å². The molecule has 2 aromatic carbocycles. The van der Waals surface area contributed by atoms with Gasteiger partial charge in [-0.25, -0.2) is 0 Å². The molecule has 3 nitrogen and oxygen atoms in total. The van der Waals surface area contributed by atoms with Crippen LogP contribution in [0.25, 0.3) is 0 Å². The van der Waals surface area contributed by atoms with Crippen LogP contribution in [-0.4, -0.2) is 25.6 Å². The number of rotatable bonds is 5. The molecule has 124 valence electrons. The van der Waals surface area contributed by atoms with Crippen molar-refractivity contribution >= 4 is 5.96 Å². The SMILES string of the molecule is CN=C(NCC(c1ccccc1)c1ccccc1)NC1CC=CC1. The van der Waals surface area contributed by atoms with E-state index in [2.05, 4.69) is 88.4 Å².